The number of rotatable bonds is 7. The number of esters is 1. The molecule has 1 saturated heterocycles. The molecule has 0 saturated carbocycles. The van der Waals surface area contributed by atoms with Gasteiger partial charge in [-0.1, -0.05) is 0 Å². The Hall–Kier alpha value is -2.82. The number of carbonyl (C=O) groups excluding carboxylic acids is 1. The number of hydrogen-bond acceptors (Lipinski definition) is 8. The zero-order valence-corrected chi connectivity index (χ0v) is 18.5. The number of nitrogens with one attached hydrogen (secondary N) is 1. The highest BCUT2D eigenvalue weighted by molar-refractivity contribution is 7.92. The highest BCUT2D eigenvalue weighted by Crippen LogP contribution is 2.47. The van der Waals surface area contributed by atoms with Crippen LogP contribution in [0.3, 0.4) is 0 Å². The molecule has 2 aromatic carbocycles. The first-order valence-electron chi connectivity index (χ1n) is 10.1. The molecule has 2 aliphatic heterocycles. The summed E-state index contributed by atoms with van der Waals surface area (Å²) >= 11 is 0. The predicted molar refractivity (Wildman–Crippen MR) is 114 cm³/mol. The number of fused-ring (bicyclic) bond motifs is 3. The van der Waals surface area contributed by atoms with Gasteiger partial charge in [-0.05, 0) is 48.9 Å². The number of methoxy groups -OCH3 is 2. The van der Waals surface area contributed by atoms with Crippen LogP contribution in [0.1, 0.15) is 24.3 Å². The van der Waals surface area contributed by atoms with Gasteiger partial charge in [0.25, 0.3) is 10.0 Å². The molecule has 4 atom stereocenters. The lowest BCUT2D eigenvalue weighted by Gasteiger charge is -2.36. The number of aliphatic hydroxyl groups is 1. The molecule has 2 aromatic rings. The van der Waals surface area contributed by atoms with Crippen molar-refractivity contribution in [3.63, 3.8) is 0 Å². The number of aliphatic hydroxyl groups excluding tert-OH is 1. The van der Waals surface area contributed by atoms with Crippen LogP contribution in [0.5, 0.6) is 11.5 Å². The molecular formula is C22H25NO8S. The number of hydrogen-bond donors (Lipinski definition) is 2. The van der Waals surface area contributed by atoms with Gasteiger partial charge in [0, 0.05) is 17.2 Å². The van der Waals surface area contributed by atoms with E-state index in [2.05, 4.69) is 4.72 Å². The van der Waals surface area contributed by atoms with Gasteiger partial charge in [0.2, 0.25) is 0 Å². The summed E-state index contributed by atoms with van der Waals surface area (Å²) in [5.41, 5.74) is 1.20. The molecule has 0 bridgehead atoms. The number of ether oxygens (including phenoxy) is 4. The Balaban J connectivity index is 1.57. The molecule has 0 aliphatic carbocycles. The van der Waals surface area contributed by atoms with Crippen LogP contribution >= 0.6 is 0 Å². The van der Waals surface area contributed by atoms with Gasteiger partial charge in [0.05, 0.1) is 38.2 Å². The number of benzene rings is 2. The van der Waals surface area contributed by atoms with E-state index in [0.717, 1.165) is 5.56 Å². The molecule has 9 nitrogen and oxygen atoms in total. The Morgan fingerprint density at radius 2 is 1.94 bits per heavy atom. The average Bonchev–Trinajstić information content (AvgIpc) is 3.16. The SMILES string of the molecule is COC(=O)C[C@@H]1C[C@@H]2c3cc(NS(=O)(=O)c4ccc(OC)cc4)ccc3O[C@@H]2[C@H](CO)O1. The fourth-order valence-electron chi connectivity index (χ4n) is 4.19. The predicted octanol–water partition coefficient (Wildman–Crippen LogP) is 2.05. The van der Waals surface area contributed by atoms with Crippen LogP contribution in [0.25, 0.3) is 0 Å². The first-order valence-corrected chi connectivity index (χ1v) is 11.6. The summed E-state index contributed by atoms with van der Waals surface area (Å²) in [4.78, 5) is 11.8. The second kappa shape index (κ2) is 8.97. The Bertz CT molecular complexity index is 1090. The Morgan fingerprint density at radius 1 is 1.19 bits per heavy atom. The fraction of sp³-hybridized carbons (Fsp3) is 0.409. The highest BCUT2D eigenvalue weighted by Gasteiger charge is 2.46. The van der Waals surface area contributed by atoms with Crippen LogP contribution in [0.15, 0.2) is 47.4 Å². The van der Waals surface area contributed by atoms with Crippen molar-refractivity contribution < 1.29 is 37.3 Å². The minimum Gasteiger partial charge on any atom is -0.497 e. The first-order chi connectivity index (χ1) is 15.3. The fourth-order valence-corrected chi connectivity index (χ4v) is 5.24. The van der Waals surface area contributed by atoms with E-state index in [1.165, 1.54) is 26.4 Å². The van der Waals surface area contributed by atoms with Crippen molar-refractivity contribution in [1.29, 1.82) is 0 Å². The van der Waals surface area contributed by atoms with Gasteiger partial charge in [-0.2, -0.15) is 0 Å². The van der Waals surface area contributed by atoms with Gasteiger partial charge in [-0.15, -0.1) is 0 Å². The Labute approximate surface area is 186 Å². The monoisotopic (exact) mass is 463 g/mol. The molecule has 2 N–H and O–H groups in total. The second-order valence-corrected chi connectivity index (χ2v) is 9.40. The number of anilines is 1. The molecule has 0 spiro atoms. The van der Waals surface area contributed by atoms with Gasteiger partial charge < -0.3 is 24.1 Å². The molecule has 10 heteroatoms. The van der Waals surface area contributed by atoms with E-state index in [4.69, 9.17) is 18.9 Å². The van der Waals surface area contributed by atoms with Crippen LogP contribution in [-0.2, 0) is 24.3 Å². The van der Waals surface area contributed by atoms with E-state index in [1.54, 1.807) is 30.3 Å². The van der Waals surface area contributed by atoms with Gasteiger partial charge in [-0.25, -0.2) is 8.42 Å². The van der Waals surface area contributed by atoms with Crippen molar-refractivity contribution in [2.45, 2.75) is 42.0 Å². The Morgan fingerprint density at radius 3 is 2.59 bits per heavy atom. The molecule has 32 heavy (non-hydrogen) atoms. The van der Waals surface area contributed by atoms with Crippen LogP contribution < -0.4 is 14.2 Å². The maximum atomic E-state index is 12.8. The van der Waals surface area contributed by atoms with Gasteiger partial charge in [0.15, 0.2) is 0 Å². The molecule has 0 amide bonds. The third-order valence-corrected chi connectivity index (χ3v) is 7.14. The van der Waals surface area contributed by atoms with Crippen LogP contribution in [-0.4, -0.2) is 58.6 Å². The smallest absolute Gasteiger partial charge is 0.308 e. The largest absolute Gasteiger partial charge is 0.497 e. The summed E-state index contributed by atoms with van der Waals surface area (Å²) < 4.78 is 49.8. The molecule has 4 rings (SSSR count). The third-order valence-electron chi connectivity index (χ3n) is 5.74. The normalized spacial score (nSPS) is 24.1. The van der Waals surface area contributed by atoms with Gasteiger partial charge in [-0.3, -0.25) is 9.52 Å². The van der Waals surface area contributed by atoms with E-state index in [1.807, 2.05) is 0 Å². The molecule has 0 radical (unpaired) electrons. The van der Waals surface area contributed by atoms with E-state index in [-0.39, 0.29) is 23.8 Å². The molecule has 0 unspecified atom stereocenters. The van der Waals surface area contributed by atoms with E-state index in [0.29, 0.717) is 23.6 Å². The summed E-state index contributed by atoms with van der Waals surface area (Å²) in [6, 6.07) is 11.1. The molecule has 0 aromatic heterocycles. The molecule has 2 heterocycles. The first kappa shape index (κ1) is 22.4. The van der Waals surface area contributed by atoms with Gasteiger partial charge in [0.1, 0.15) is 23.7 Å². The van der Waals surface area contributed by atoms with Crippen LogP contribution in [0, 0.1) is 0 Å². The van der Waals surface area contributed by atoms with Crippen molar-refractivity contribution in [3.8, 4) is 11.5 Å². The zero-order chi connectivity index (χ0) is 22.9. The zero-order valence-electron chi connectivity index (χ0n) is 17.7. The van der Waals surface area contributed by atoms with Crippen LogP contribution in [0.4, 0.5) is 5.69 Å². The van der Waals surface area contributed by atoms with Crippen molar-refractivity contribution in [2.75, 3.05) is 25.5 Å². The second-order valence-electron chi connectivity index (χ2n) is 7.72. The molecule has 2 aliphatic rings. The summed E-state index contributed by atoms with van der Waals surface area (Å²) in [6.45, 7) is -0.260. The van der Waals surface area contributed by atoms with E-state index >= 15 is 0 Å². The molecule has 1 fully saturated rings. The van der Waals surface area contributed by atoms with Crippen molar-refractivity contribution in [3.05, 3.63) is 48.0 Å². The minimum absolute atomic E-state index is 0.0648. The summed E-state index contributed by atoms with van der Waals surface area (Å²) in [5.74, 6) is 0.610. The lowest BCUT2D eigenvalue weighted by molar-refractivity contribution is -0.156. The van der Waals surface area contributed by atoms with E-state index < -0.39 is 34.3 Å². The molecule has 172 valence electrons. The minimum atomic E-state index is -3.80. The van der Waals surface area contributed by atoms with Crippen molar-refractivity contribution >= 4 is 21.7 Å². The summed E-state index contributed by atoms with van der Waals surface area (Å²) in [7, 11) is -0.982. The lowest BCUT2D eigenvalue weighted by Crippen LogP contribution is -2.46. The average molecular weight is 464 g/mol. The van der Waals surface area contributed by atoms with Gasteiger partial charge >= 0.3 is 5.97 Å². The van der Waals surface area contributed by atoms with Crippen LogP contribution in [0.2, 0.25) is 0 Å². The van der Waals surface area contributed by atoms with Crippen molar-refractivity contribution in [2.24, 2.45) is 0 Å². The highest BCUT2D eigenvalue weighted by atomic mass is 32.2. The maximum Gasteiger partial charge on any atom is 0.308 e. The number of sulfonamides is 1. The standard InChI is InChI=1S/C22H25NO8S/c1-28-14-4-6-16(7-5-14)32(26,27)23-13-3-8-19-17(9-13)18-10-15(11-21(25)29-2)30-20(12-24)22(18)31-19/h3-9,15,18,20,22-24H,10-12H2,1-2H3/t15-,18+,20-,22-/m0/s1. The quantitative estimate of drug-likeness (QED) is 0.599. The topological polar surface area (TPSA) is 120 Å². The Kier molecular flexibility index (Phi) is 6.27. The van der Waals surface area contributed by atoms with Crippen molar-refractivity contribution in [1.82, 2.24) is 0 Å². The summed E-state index contributed by atoms with van der Waals surface area (Å²) in [6.07, 6.45) is -0.907. The maximum absolute atomic E-state index is 12.8. The third kappa shape index (κ3) is 4.38. The number of carbonyl (C=O) groups is 1. The lowest BCUT2D eigenvalue weighted by atomic mass is 9.84. The van der Waals surface area contributed by atoms with E-state index in [9.17, 15) is 18.3 Å². The molecular weight excluding hydrogens is 438 g/mol. The summed E-state index contributed by atoms with van der Waals surface area (Å²) in [5, 5.41) is 9.78.